The molecule has 10 heavy (non-hydrogen) atoms. The second-order valence-corrected chi connectivity index (χ2v) is 1.46. The van der Waals surface area contributed by atoms with Crippen LogP contribution in [0.4, 0.5) is 0 Å². The molecule has 0 saturated carbocycles. The Labute approximate surface area is 59.1 Å². The van der Waals surface area contributed by atoms with E-state index in [1.807, 2.05) is 0 Å². The van der Waals surface area contributed by atoms with Gasteiger partial charge in [0.05, 0.1) is 19.2 Å². The molecule has 0 radical (unpaired) electrons. The Morgan fingerprint density at radius 3 is 2.00 bits per heavy atom. The number of carbonyl (C=O) groups excluding carboxylic acids is 1. The molecule has 1 aliphatic rings. The molecule has 1 fully saturated rings. The molecule has 4 nitrogen and oxygen atoms in total. The zero-order valence-electron chi connectivity index (χ0n) is 5.54. The summed E-state index contributed by atoms with van der Waals surface area (Å²) in [5.41, 5.74) is 0. The Bertz CT molecular complexity index is 98.7. The van der Waals surface area contributed by atoms with Crippen molar-refractivity contribution in [2.45, 2.75) is 0 Å². The van der Waals surface area contributed by atoms with Gasteiger partial charge in [-0.25, -0.2) is 0 Å². The first-order valence-electron chi connectivity index (χ1n) is 2.76. The van der Waals surface area contributed by atoms with Gasteiger partial charge in [-0.3, -0.25) is 0 Å². The van der Waals surface area contributed by atoms with Crippen molar-refractivity contribution in [2.24, 2.45) is 0 Å². The van der Waals surface area contributed by atoms with E-state index in [0.29, 0.717) is 6.79 Å². The predicted molar refractivity (Wildman–Crippen MR) is 32.0 cm³/mol. The third-order valence-corrected chi connectivity index (χ3v) is 0.705. The first-order chi connectivity index (χ1) is 4.77. The highest BCUT2D eigenvalue weighted by Crippen LogP contribution is 1.85. The topological polar surface area (TPSA) is 58.6 Å². The third-order valence-electron chi connectivity index (χ3n) is 0.705. The number of ether oxygens (including phenoxy) is 2. The van der Waals surface area contributed by atoms with Gasteiger partial charge in [-0.15, -0.1) is 0 Å². The Morgan fingerprint density at radius 1 is 1.50 bits per heavy atom. The van der Waals surface area contributed by atoms with Crippen molar-refractivity contribution >= 4 is 5.97 Å². The number of rotatable bonds is 1. The fourth-order valence-electron chi connectivity index (χ4n) is 0.295. The minimum Gasteiger partial charge on any atom is -0.545 e. The maximum absolute atomic E-state index is 9.14. The largest absolute Gasteiger partial charge is 0.545 e. The van der Waals surface area contributed by atoms with E-state index in [1.165, 1.54) is 0 Å². The molecule has 1 heterocycles. The number of hydrogen-bond donors (Lipinski definition) is 0. The van der Waals surface area contributed by atoms with E-state index >= 15 is 0 Å². The lowest BCUT2D eigenvalue weighted by molar-refractivity contribution is -0.297. The number of carboxylic acids is 1. The summed E-state index contributed by atoms with van der Waals surface area (Å²) in [5.74, 6) is -1.23. The fraction of sp³-hybridized carbons (Fsp3) is 0.500. The third kappa shape index (κ3) is 7.13. The van der Waals surface area contributed by atoms with Crippen molar-refractivity contribution in [3.8, 4) is 0 Å². The molecule has 0 spiro atoms. The van der Waals surface area contributed by atoms with Crippen molar-refractivity contribution in [2.75, 3.05) is 20.0 Å². The lowest BCUT2D eigenvalue weighted by Crippen LogP contribution is -2.17. The molecule has 0 aromatic rings. The van der Waals surface area contributed by atoms with Crippen LogP contribution in [0.1, 0.15) is 0 Å². The molecule has 4 heteroatoms. The fourth-order valence-corrected chi connectivity index (χ4v) is 0.295. The highest BCUT2D eigenvalue weighted by atomic mass is 16.7. The predicted octanol–water partition coefficient (Wildman–Crippen LogP) is -1.09. The van der Waals surface area contributed by atoms with Crippen molar-refractivity contribution < 1.29 is 19.4 Å². The first-order valence-corrected chi connectivity index (χ1v) is 2.76. The van der Waals surface area contributed by atoms with Crippen molar-refractivity contribution in [1.82, 2.24) is 0 Å². The summed E-state index contributed by atoms with van der Waals surface area (Å²) < 4.78 is 9.44. The van der Waals surface area contributed by atoms with Gasteiger partial charge in [0.1, 0.15) is 6.79 Å². The molecule has 1 saturated heterocycles. The van der Waals surface area contributed by atoms with Crippen LogP contribution in [0.5, 0.6) is 0 Å². The Hall–Kier alpha value is -0.870. The Kier molecular flexibility index (Phi) is 5.71. The zero-order chi connectivity index (χ0) is 7.82. The molecule has 0 N–H and O–H groups in total. The molecular weight excluding hydrogens is 136 g/mol. The van der Waals surface area contributed by atoms with Gasteiger partial charge in [-0.2, -0.15) is 0 Å². The Morgan fingerprint density at radius 2 is 1.90 bits per heavy atom. The summed E-state index contributed by atoms with van der Waals surface area (Å²) in [6.07, 6.45) is 0.722. The maximum atomic E-state index is 9.14. The van der Waals surface area contributed by atoms with Gasteiger partial charge < -0.3 is 19.4 Å². The van der Waals surface area contributed by atoms with E-state index in [-0.39, 0.29) is 0 Å². The number of carboxylic acid groups (broad SMARTS) is 1. The average Bonchev–Trinajstić information content (AvgIpc) is 2.43. The van der Waals surface area contributed by atoms with Crippen molar-refractivity contribution in [1.29, 1.82) is 0 Å². The second kappa shape index (κ2) is 6.25. The summed E-state index contributed by atoms with van der Waals surface area (Å²) >= 11 is 0. The van der Waals surface area contributed by atoms with Gasteiger partial charge in [-0.05, 0) is 6.08 Å². The summed E-state index contributed by atoms with van der Waals surface area (Å²) in [7, 11) is 0. The van der Waals surface area contributed by atoms with Crippen LogP contribution in [0.2, 0.25) is 0 Å². The van der Waals surface area contributed by atoms with Gasteiger partial charge in [0, 0.05) is 0 Å². The Balaban J connectivity index is 0.000000162. The summed E-state index contributed by atoms with van der Waals surface area (Å²) in [6.45, 7) is 4.95. The van der Waals surface area contributed by atoms with Gasteiger partial charge in [0.25, 0.3) is 0 Å². The standard InChI is InChI=1S/C3H6O2.C3H4O2/c1-2-5-3-4-1;1-2-3(4)5/h1-3H2;2H,1H2,(H,4,5)/p-1. The molecule has 0 amide bonds. The molecule has 0 aromatic heterocycles. The van der Waals surface area contributed by atoms with E-state index in [2.05, 4.69) is 6.58 Å². The van der Waals surface area contributed by atoms with Crippen LogP contribution in [-0.2, 0) is 14.3 Å². The van der Waals surface area contributed by atoms with Crippen LogP contribution in [0.25, 0.3) is 0 Å². The maximum Gasteiger partial charge on any atom is 0.146 e. The summed E-state index contributed by atoms with van der Waals surface area (Å²) in [5, 5.41) is 9.14. The van der Waals surface area contributed by atoms with Crippen LogP contribution in [0.3, 0.4) is 0 Å². The quantitative estimate of drug-likeness (QED) is 0.440. The van der Waals surface area contributed by atoms with Crippen molar-refractivity contribution in [3.05, 3.63) is 12.7 Å². The van der Waals surface area contributed by atoms with E-state index in [1.54, 1.807) is 0 Å². The lowest BCUT2D eigenvalue weighted by Gasteiger charge is -1.81. The second-order valence-electron chi connectivity index (χ2n) is 1.46. The molecule has 0 bridgehead atoms. The van der Waals surface area contributed by atoms with E-state index in [9.17, 15) is 0 Å². The molecule has 1 rings (SSSR count). The van der Waals surface area contributed by atoms with Gasteiger partial charge in [-0.1, -0.05) is 6.58 Å². The molecule has 0 atom stereocenters. The molecule has 0 aliphatic carbocycles. The highest BCUT2D eigenvalue weighted by Gasteiger charge is 1.93. The van der Waals surface area contributed by atoms with Crippen molar-refractivity contribution in [3.63, 3.8) is 0 Å². The molecular formula is C6H9O4-. The minimum absolute atomic E-state index is 0.500. The van der Waals surface area contributed by atoms with Crippen LogP contribution >= 0.6 is 0 Å². The smallest absolute Gasteiger partial charge is 0.146 e. The molecule has 0 aromatic carbocycles. The highest BCUT2D eigenvalue weighted by molar-refractivity contribution is 5.76. The van der Waals surface area contributed by atoms with Crippen LogP contribution in [0, 0.1) is 0 Å². The van der Waals surface area contributed by atoms with Crippen LogP contribution in [0.15, 0.2) is 12.7 Å². The van der Waals surface area contributed by atoms with Gasteiger partial charge in [0.15, 0.2) is 0 Å². The average molecular weight is 145 g/mol. The van der Waals surface area contributed by atoms with Crippen LogP contribution < -0.4 is 5.11 Å². The SMILES string of the molecule is C1COCO1.C=CC(=O)[O-]. The van der Waals surface area contributed by atoms with Gasteiger partial charge >= 0.3 is 0 Å². The zero-order valence-corrected chi connectivity index (χ0v) is 5.54. The number of carbonyl (C=O) groups is 1. The summed E-state index contributed by atoms with van der Waals surface area (Å²) in [6, 6.07) is 0. The lowest BCUT2D eigenvalue weighted by atomic mass is 10.7. The first kappa shape index (κ1) is 9.13. The summed E-state index contributed by atoms with van der Waals surface area (Å²) in [4.78, 5) is 9.14. The minimum atomic E-state index is -1.23. The molecule has 58 valence electrons. The monoisotopic (exact) mass is 145 g/mol. The van der Waals surface area contributed by atoms with Gasteiger partial charge in [0.2, 0.25) is 0 Å². The normalized spacial score (nSPS) is 15.2. The van der Waals surface area contributed by atoms with E-state index in [0.717, 1.165) is 19.3 Å². The molecule has 1 aliphatic heterocycles. The van der Waals surface area contributed by atoms with E-state index < -0.39 is 5.97 Å². The number of aliphatic carboxylic acids is 1. The van der Waals surface area contributed by atoms with E-state index in [4.69, 9.17) is 19.4 Å². The molecule has 0 unspecified atom stereocenters. The van der Waals surface area contributed by atoms with Crippen LogP contribution in [-0.4, -0.2) is 26.0 Å². The number of hydrogen-bond acceptors (Lipinski definition) is 4.